The van der Waals surface area contributed by atoms with Gasteiger partial charge in [0.2, 0.25) is 0 Å². The number of esters is 3. The van der Waals surface area contributed by atoms with Crippen molar-refractivity contribution in [2.24, 2.45) is 0 Å². The van der Waals surface area contributed by atoms with Crippen LogP contribution in [-0.2, 0) is 28.6 Å². The van der Waals surface area contributed by atoms with Gasteiger partial charge in [-0.2, -0.15) is 0 Å². The Morgan fingerprint density at radius 3 is 0.827 bits per heavy atom. The molecule has 0 amide bonds. The van der Waals surface area contributed by atoms with Crippen molar-refractivity contribution in [1.29, 1.82) is 0 Å². The van der Waals surface area contributed by atoms with Crippen molar-refractivity contribution < 1.29 is 28.6 Å². The Bertz CT molecular complexity index is 1430. The van der Waals surface area contributed by atoms with Crippen LogP contribution in [0.4, 0.5) is 0 Å². The maximum Gasteiger partial charge on any atom is 0.306 e. The minimum Gasteiger partial charge on any atom is -0.462 e. The van der Waals surface area contributed by atoms with Gasteiger partial charge in [-0.15, -0.1) is 0 Å². The summed E-state index contributed by atoms with van der Waals surface area (Å²) >= 11 is 0. The highest BCUT2D eigenvalue weighted by molar-refractivity contribution is 5.71. The lowest BCUT2D eigenvalue weighted by Gasteiger charge is -2.18. The highest BCUT2D eigenvalue weighted by Gasteiger charge is 2.19. The summed E-state index contributed by atoms with van der Waals surface area (Å²) in [6, 6.07) is 0. The number of allylic oxidation sites excluding steroid dienone is 14. The van der Waals surface area contributed by atoms with Crippen LogP contribution in [0.15, 0.2) is 85.1 Å². The van der Waals surface area contributed by atoms with Gasteiger partial charge in [0.25, 0.3) is 0 Å². The number of rotatable bonds is 58. The smallest absolute Gasteiger partial charge is 0.306 e. The predicted octanol–water partition coefficient (Wildman–Crippen LogP) is 21.9. The summed E-state index contributed by atoms with van der Waals surface area (Å²) in [5.41, 5.74) is 0. The largest absolute Gasteiger partial charge is 0.462 e. The molecule has 1 atom stereocenters. The molecule has 0 aromatic rings. The van der Waals surface area contributed by atoms with Gasteiger partial charge in [-0.05, 0) is 116 Å². The second-order valence-corrected chi connectivity index (χ2v) is 21.3. The van der Waals surface area contributed by atoms with E-state index in [1.165, 1.54) is 173 Å². The normalized spacial score (nSPS) is 12.6. The lowest BCUT2D eigenvalue weighted by Crippen LogP contribution is -2.30. The maximum atomic E-state index is 12.9. The number of carbonyl (C=O) groups is 3. The molecule has 75 heavy (non-hydrogen) atoms. The lowest BCUT2D eigenvalue weighted by molar-refractivity contribution is -0.167. The highest BCUT2D eigenvalue weighted by atomic mass is 16.6. The molecule has 0 saturated heterocycles. The molecular weight excluding hydrogens is 925 g/mol. The van der Waals surface area contributed by atoms with Crippen molar-refractivity contribution in [2.45, 2.75) is 322 Å². The van der Waals surface area contributed by atoms with Crippen LogP contribution in [0, 0.1) is 0 Å². The van der Waals surface area contributed by atoms with E-state index in [2.05, 4.69) is 106 Å². The van der Waals surface area contributed by atoms with E-state index >= 15 is 0 Å². The zero-order valence-corrected chi connectivity index (χ0v) is 49.6. The zero-order valence-electron chi connectivity index (χ0n) is 49.6. The lowest BCUT2D eigenvalue weighted by atomic mass is 10.1. The molecule has 0 rings (SSSR count). The molecule has 0 saturated carbocycles. The Labute approximate surface area is 465 Å². The van der Waals surface area contributed by atoms with Crippen molar-refractivity contribution in [3.63, 3.8) is 0 Å². The second-order valence-electron chi connectivity index (χ2n) is 21.3. The van der Waals surface area contributed by atoms with Gasteiger partial charge in [-0.25, -0.2) is 0 Å². The molecular formula is C69H120O6. The third-order valence-electron chi connectivity index (χ3n) is 13.9. The fourth-order valence-electron chi connectivity index (χ4n) is 9.05. The average Bonchev–Trinajstić information content (AvgIpc) is 3.41. The first-order valence-corrected chi connectivity index (χ1v) is 32.1. The number of hydrogen-bond acceptors (Lipinski definition) is 6. The Balaban J connectivity index is 4.40. The van der Waals surface area contributed by atoms with E-state index in [0.29, 0.717) is 19.3 Å². The summed E-state index contributed by atoms with van der Waals surface area (Å²) in [7, 11) is 0. The van der Waals surface area contributed by atoms with E-state index in [0.717, 1.165) is 103 Å². The van der Waals surface area contributed by atoms with Crippen molar-refractivity contribution >= 4 is 17.9 Å². The molecule has 432 valence electrons. The van der Waals surface area contributed by atoms with Gasteiger partial charge >= 0.3 is 17.9 Å². The maximum absolute atomic E-state index is 12.9. The SMILES string of the molecule is CC/C=C\C/C=C\C/C=C\C/C=C\C/C=C\CCCCCCCCCC(=O)OCC(COC(=O)CCCCCCC/C=C\CCCCCCCCC)OC(=O)CCCCCCCCC/C=C\CCCCCCCCC. The summed E-state index contributed by atoms with van der Waals surface area (Å²) in [4.78, 5) is 38.3. The van der Waals surface area contributed by atoms with Crippen LogP contribution in [0.3, 0.4) is 0 Å². The quantitative estimate of drug-likeness (QED) is 0.0261. The van der Waals surface area contributed by atoms with Crippen LogP contribution in [0.25, 0.3) is 0 Å². The van der Waals surface area contributed by atoms with Crippen LogP contribution < -0.4 is 0 Å². The second kappa shape index (κ2) is 63.1. The molecule has 0 aromatic heterocycles. The van der Waals surface area contributed by atoms with E-state index in [-0.39, 0.29) is 31.1 Å². The number of carbonyl (C=O) groups excluding carboxylic acids is 3. The van der Waals surface area contributed by atoms with Gasteiger partial charge in [0.05, 0.1) is 0 Å². The van der Waals surface area contributed by atoms with E-state index in [4.69, 9.17) is 14.2 Å². The summed E-state index contributed by atoms with van der Waals surface area (Å²) < 4.78 is 16.9. The van der Waals surface area contributed by atoms with Gasteiger partial charge < -0.3 is 14.2 Å². The van der Waals surface area contributed by atoms with Crippen LogP contribution in [-0.4, -0.2) is 37.2 Å². The summed E-state index contributed by atoms with van der Waals surface area (Å²) in [5, 5.41) is 0. The number of ether oxygens (including phenoxy) is 3. The number of hydrogen-bond donors (Lipinski definition) is 0. The fraction of sp³-hybridized carbons (Fsp3) is 0.754. The molecule has 0 spiro atoms. The molecule has 0 aliphatic heterocycles. The van der Waals surface area contributed by atoms with E-state index in [9.17, 15) is 14.4 Å². The third-order valence-corrected chi connectivity index (χ3v) is 13.9. The van der Waals surface area contributed by atoms with Crippen molar-refractivity contribution in [1.82, 2.24) is 0 Å². The summed E-state index contributed by atoms with van der Waals surface area (Å²) in [6.45, 7) is 6.53. The van der Waals surface area contributed by atoms with Crippen LogP contribution in [0.5, 0.6) is 0 Å². The van der Waals surface area contributed by atoms with Gasteiger partial charge in [0.15, 0.2) is 6.10 Å². The minimum absolute atomic E-state index is 0.0849. The standard InChI is InChI=1S/C69H120O6/c1-4-7-10-13-16-19-22-25-28-31-33-34-35-36-37-39-41-44-47-50-53-56-59-62-68(71)74-65-66(64-73-67(70)61-58-55-52-49-46-43-40-30-27-24-21-18-15-12-9-6-3)75-69(72)63-60-57-54-51-48-45-42-38-32-29-26-23-20-17-14-11-8-5-2/h7,10,16,19,25,28-30,32-34,36-37,40,66H,4-6,8-9,11-15,17-18,20-24,26-27,31,35,38-39,41-65H2,1-3H3/b10-7-,19-16-,28-25-,32-29-,34-33-,37-36-,40-30-. The molecule has 0 bridgehead atoms. The molecule has 0 aromatic carbocycles. The van der Waals surface area contributed by atoms with Gasteiger partial charge in [0.1, 0.15) is 13.2 Å². The monoisotopic (exact) mass is 1040 g/mol. The molecule has 6 heteroatoms. The van der Waals surface area contributed by atoms with Crippen LogP contribution in [0.1, 0.15) is 316 Å². The van der Waals surface area contributed by atoms with Gasteiger partial charge in [-0.3, -0.25) is 14.4 Å². The first kappa shape index (κ1) is 71.6. The Morgan fingerprint density at radius 2 is 0.520 bits per heavy atom. The molecule has 0 aliphatic carbocycles. The topological polar surface area (TPSA) is 78.9 Å². The number of unbranched alkanes of at least 4 members (excludes halogenated alkanes) is 33. The van der Waals surface area contributed by atoms with Gasteiger partial charge in [0, 0.05) is 19.3 Å². The molecule has 6 nitrogen and oxygen atoms in total. The molecule has 0 fully saturated rings. The zero-order chi connectivity index (χ0) is 54.3. The molecule has 0 N–H and O–H groups in total. The summed E-state index contributed by atoms with van der Waals surface area (Å²) in [5.74, 6) is -0.895. The van der Waals surface area contributed by atoms with Crippen molar-refractivity contribution in [3.05, 3.63) is 85.1 Å². The summed E-state index contributed by atoms with van der Waals surface area (Å²) in [6.07, 6.45) is 82.9. The van der Waals surface area contributed by atoms with Crippen LogP contribution in [0.2, 0.25) is 0 Å². The van der Waals surface area contributed by atoms with Crippen molar-refractivity contribution in [2.75, 3.05) is 13.2 Å². The Hall–Kier alpha value is -3.41. The predicted molar refractivity (Wildman–Crippen MR) is 325 cm³/mol. The van der Waals surface area contributed by atoms with Crippen LogP contribution >= 0.6 is 0 Å². The van der Waals surface area contributed by atoms with E-state index < -0.39 is 6.10 Å². The first-order chi connectivity index (χ1) is 37.0. The van der Waals surface area contributed by atoms with Gasteiger partial charge in [-0.1, -0.05) is 266 Å². The fourth-order valence-corrected chi connectivity index (χ4v) is 9.05. The minimum atomic E-state index is -0.788. The Morgan fingerprint density at radius 1 is 0.280 bits per heavy atom. The van der Waals surface area contributed by atoms with E-state index in [1.54, 1.807) is 0 Å². The first-order valence-electron chi connectivity index (χ1n) is 32.1. The highest BCUT2D eigenvalue weighted by Crippen LogP contribution is 2.16. The third kappa shape index (κ3) is 61.3. The molecule has 0 heterocycles. The average molecular weight is 1050 g/mol. The van der Waals surface area contributed by atoms with Crippen molar-refractivity contribution in [3.8, 4) is 0 Å². The van der Waals surface area contributed by atoms with E-state index in [1.807, 2.05) is 0 Å². The molecule has 0 aliphatic rings. The molecule has 1 unspecified atom stereocenters. The molecule has 0 radical (unpaired) electrons. The Kier molecular flexibility index (Phi) is 60.3.